The van der Waals surface area contributed by atoms with Gasteiger partial charge in [-0.15, -0.1) is 0 Å². The standard InChI is InChI=1S/C16H22N2O2.2BrH/c1-15-9-3-5-11-17(15)19-13-7-8-14-20-18-12-6-4-10-16(18)2;;/h3-6,9-12H,7-8,13-14H2,1-2H3;2*1H/q+2;;/p-2. The van der Waals surface area contributed by atoms with Crippen LogP contribution in [0.15, 0.2) is 48.8 Å². The van der Waals surface area contributed by atoms with Crippen molar-refractivity contribution in [1.29, 1.82) is 0 Å². The fraction of sp³-hybridized carbons (Fsp3) is 0.375. The molecule has 0 aliphatic heterocycles. The molecule has 0 bridgehead atoms. The lowest BCUT2D eigenvalue weighted by Gasteiger charge is -2.01. The summed E-state index contributed by atoms with van der Waals surface area (Å²) in [5, 5.41) is 0. The second-order valence-electron chi connectivity index (χ2n) is 4.71. The van der Waals surface area contributed by atoms with E-state index < -0.39 is 0 Å². The van der Waals surface area contributed by atoms with E-state index in [2.05, 4.69) is 0 Å². The summed E-state index contributed by atoms with van der Waals surface area (Å²) in [5.41, 5.74) is 2.19. The summed E-state index contributed by atoms with van der Waals surface area (Å²) in [6.07, 6.45) is 5.78. The number of rotatable bonds is 7. The van der Waals surface area contributed by atoms with E-state index in [1.807, 2.05) is 62.6 Å². The Labute approximate surface area is 153 Å². The topological polar surface area (TPSA) is 26.2 Å². The first kappa shape index (κ1) is 20.9. The molecule has 0 amide bonds. The van der Waals surface area contributed by atoms with Crippen LogP contribution < -0.4 is 53.1 Å². The molecule has 0 spiro atoms. The Balaban J connectivity index is 0.00000220. The average Bonchev–Trinajstić information content (AvgIpc) is 2.46. The largest absolute Gasteiger partial charge is 1.00 e. The smallest absolute Gasteiger partial charge is 0.231 e. The van der Waals surface area contributed by atoms with Crippen molar-refractivity contribution in [2.45, 2.75) is 26.7 Å². The van der Waals surface area contributed by atoms with Crippen LogP contribution in [0.2, 0.25) is 0 Å². The summed E-state index contributed by atoms with van der Waals surface area (Å²) in [6.45, 7) is 5.44. The first-order valence-corrected chi connectivity index (χ1v) is 6.98. The van der Waals surface area contributed by atoms with Crippen LogP contribution in [-0.2, 0) is 0 Å². The molecule has 0 unspecified atom stereocenters. The van der Waals surface area contributed by atoms with Gasteiger partial charge < -0.3 is 34.0 Å². The van der Waals surface area contributed by atoms with Gasteiger partial charge in [-0.3, -0.25) is 9.68 Å². The van der Waals surface area contributed by atoms with Crippen LogP contribution in [0.5, 0.6) is 0 Å². The summed E-state index contributed by atoms with van der Waals surface area (Å²) in [7, 11) is 0. The summed E-state index contributed by atoms with van der Waals surface area (Å²) in [6, 6.07) is 12.0. The molecule has 0 aliphatic rings. The van der Waals surface area contributed by atoms with Gasteiger partial charge in [-0.2, -0.15) is 0 Å². The molecule has 2 aromatic rings. The first-order chi connectivity index (χ1) is 9.77. The van der Waals surface area contributed by atoms with Crippen molar-refractivity contribution in [3.8, 4) is 0 Å². The number of nitrogens with zero attached hydrogens (tertiary/aromatic N) is 2. The maximum atomic E-state index is 5.67. The van der Waals surface area contributed by atoms with Crippen LogP contribution in [0.1, 0.15) is 24.2 Å². The number of unbranched alkanes of at least 4 members (excludes halogenated alkanes) is 1. The van der Waals surface area contributed by atoms with E-state index in [1.165, 1.54) is 0 Å². The Hall–Kier alpha value is -1.14. The van der Waals surface area contributed by atoms with E-state index in [1.54, 1.807) is 9.46 Å². The van der Waals surface area contributed by atoms with Crippen LogP contribution >= 0.6 is 0 Å². The molecule has 0 saturated carbocycles. The second-order valence-corrected chi connectivity index (χ2v) is 4.71. The van der Waals surface area contributed by atoms with Gasteiger partial charge in [0.2, 0.25) is 23.8 Å². The summed E-state index contributed by atoms with van der Waals surface area (Å²) < 4.78 is 3.61. The molecule has 2 rings (SSSR count). The highest BCUT2D eigenvalue weighted by Crippen LogP contribution is 1.90. The number of halogens is 2. The van der Waals surface area contributed by atoms with Crippen molar-refractivity contribution in [3.63, 3.8) is 0 Å². The van der Waals surface area contributed by atoms with Gasteiger partial charge in [0.05, 0.1) is 0 Å². The Kier molecular flexibility index (Phi) is 10.8. The Bertz CT molecular complexity index is 504. The van der Waals surface area contributed by atoms with Gasteiger partial charge in [0.1, 0.15) is 0 Å². The van der Waals surface area contributed by atoms with Crippen LogP contribution in [0.4, 0.5) is 0 Å². The third kappa shape index (κ3) is 6.75. The SMILES string of the molecule is Cc1cccc[n+]1OCCCCO[n+]1ccccc1C.[Br-].[Br-]. The third-order valence-corrected chi connectivity index (χ3v) is 3.03. The van der Waals surface area contributed by atoms with Crippen molar-refractivity contribution in [2.75, 3.05) is 13.2 Å². The molecule has 122 valence electrons. The van der Waals surface area contributed by atoms with E-state index in [4.69, 9.17) is 9.68 Å². The first-order valence-electron chi connectivity index (χ1n) is 6.98. The molecule has 0 fully saturated rings. The fourth-order valence-corrected chi connectivity index (χ4v) is 1.85. The molecule has 0 saturated heterocycles. The lowest BCUT2D eigenvalue weighted by atomic mass is 10.3. The Morgan fingerprint density at radius 1 is 0.727 bits per heavy atom. The van der Waals surface area contributed by atoms with E-state index in [-0.39, 0.29) is 34.0 Å². The molecule has 0 atom stereocenters. The fourth-order valence-electron chi connectivity index (χ4n) is 1.85. The van der Waals surface area contributed by atoms with Gasteiger partial charge in [0.25, 0.3) is 0 Å². The molecule has 0 radical (unpaired) electrons. The van der Waals surface area contributed by atoms with E-state index >= 15 is 0 Å². The van der Waals surface area contributed by atoms with Crippen molar-refractivity contribution in [3.05, 3.63) is 60.2 Å². The summed E-state index contributed by atoms with van der Waals surface area (Å²) in [4.78, 5) is 11.3. The van der Waals surface area contributed by atoms with E-state index in [0.717, 1.165) is 24.2 Å². The Morgan fingerprint density at radius 2 is 1.14 bits per heavy atom. The normalized spacial score (nSPS) is 9.36. The second kappa shape index (κ2) is 11.4. The molecule has 4 nitrogen and oxygen atoms in total. The van der Waals surface area contributed by atoms with Crippen molar-refractivity contribution in [2.24, 2.45) is 0 Å². The molecule has 6 heteroatoms. The van der Waals surface area contributed by atoms with Gasteiger partial charge in [-0.25, -0.2) is 0 Å². The lowest BCUT2D eigenvalue weighted by molar-refractivity contribution is -0.897. The number of hydrogen-bond acceptors (Lipinski definition) is 2. The van der Waals surface area contributed by atoms with Crippen LogP contribution in [0, 0.1) is 13.8 Å². The van der Waals surface area contributed by atoms with Crippen LogP contribution in [0.25, 0.3) is 0 Å². The minimum absolute atomic E-state index is 0. The highest BCUT2D eigenvalue weighted by atomic mass is 79.9. The zero-order chi connectivity index (χ0) is 14.2. The number of hydrogen-bond donors (Lipinski definition) is 0. The Morgan fingerprint density at radius 3 is 1.50 bits per heavy atom. The maximum Gasteiger partial charge on any atom is 0.231 e. The molecule has 0 aliphatic carbocycles. The van der Waals surface area contributed by atoms with Gasteiger partial charge in [-0.1, -0.05) is 0 Å². The number of aromatic nitrogens is 2. The van der Waals surface area contributed by atoms with Crippen LogP contribution in [0.3, 0.4) is 0 Å². The number of pyridine rings is 2. The van der Waals surface area contributed by atoms with Crippen LogP contribution in [-0.4, -0.2) is 13.2 Å². The molecular weight excluding hydrogens is 412 g/mol. The minimum Gasteiger partial charge on any atom is -1.00 e. The van der Waals surface area contributed by atoms with Crippen molar-refractivity contribution in [1.82, 2.24) is 0 Å². The number of aryl methyl sites for hydroxylation is 2. The quantitative estimate of drug-likeness (QED) is 0.323. The van der Waals surface area contributed by atoms with E-state index in [9.17, 15) is 0 Å². The minimum atomic E-state index is 0. The zero-order valence-electron chi connectivity index (χ0n) is 12.9. The monoisotopic (exact) mass is 432 g/mol. The predicted molar refractivity (Wildman–Crippen MR) is 74.9 cm³/mol. The molecule has 2 aromatic heterocycles. The molecule has 0 aromatic carbocycles. The summed E-state index contributed by atoms with van der Waals surface area (Å²) in [5.74, 6) is 0. The average molecular weight is 434 g/mol. The molecule has 22 heavy (non-hydrogen) atoms. The highest BCUT2D eigenvalue weighted by molar-refractivity contribution is 4.94. The maximum absolute atomic E-state index is 5.67. The molecule has 2 heterocycles. The van der Waals surface area contributed by atoms with E-state index in [0.29, 0.717) is 13.2 Å². The molecular formula is C16H22Br2N2O2. The van der Waals surface area contributed by atoms with Gasteiger partial charge in [0, 0.05) is 47.6 Å². The molecule has 0 N–H and O–H groups in total. The summed E-state index contributed by atoms with van der Waals surface area (Å²) >= 11 is 0. The third-order valence-electron chi connectivity index (χ3n) is 3.03. The van der Waals surface area contributed by atoms with Crippen molar-refractivity contribution >= 4 is 0 Å². The lowest BCUT2D eigenvalue weighted by Crippen LogP contribution is -3.00. The zero-order valence-corrected chi connectivity index (χ0v) is 16.1. The van der Waals surface area contributed by atoms with Gasteiger partial charge >= 0.3 is 0 Å². The van der Waals surface area contributed by atoms with Gasteiger partial charge in [-0.05, 0) is 25.0 Å². The van der Waals surface area contributed by atoms with Gasteiger partial charge in [0.15, 0.2) is 13.2 Å². The van der Waals surface area contributed by atoms with Crippen molar-refractivity contribution < 1.29 is 53.1 Å². The predicted octanol–water partition coefficient (Wildman–Crippen LogP) is -4.78. The highest BCUT2D eigenvalue weighted by Gasteiger charge is 2.07.